The molecule has 0 saturated heterocycles. The van der Waals surface area contributed by atoms with Crippen LogP contribution in [-0.4, -0.2) is 31.1 Å². The second-order valence-electron chi connectivity index (χ2n) is 5.12. The molecule has 0 aliphatic heterocycles. The predicted molar refractivity (Wildman–Crippen MR) is 95.3 cm³/mol. The lowest BCUT2D eigenvalue weighted by molar-refractivity contribution is -0.148. The van der Waals surface area contributed by atoms with Crippen molar-refractivity contribution in [2.24, 2.45) is 0 Å². The van der Waals surface area contributed by atoms with Crippen LogP contribution in [0.15, 0.2) is 47.4 Å². The van der Waals surface area contributed by atoms with Gasteiger partial charge in [-0.1, -0.05) is 35.3 Å². The number of nitrogens with one attached hydrogen (secondary N) is 1. The molecule has 0 fully saturated rings. The van der Waals surface area contributed by atoms with E-state index >= 15 is 0 Å². The highest BCUT2D eigenvalue weighted by atomic mass is 35.5. The van der Waals surface area contributed by atoms with Gasteiger partial charge in [0.05, 0.1) is 11.3 Å². The summed E-state index contributed by atoms with van der Waals surface area (Å²) in [5.74, 6) is -3.72. The number of carboxylic acids is 1. The van der Waals surface area contributed by atoms with Crippen LogP contribution in [0.25, 0.3) is 0 Å². The van der Waals surface area contributed by atoms with Gasteiger partial charge in [0.1, 0.15) is 0 Å². The lowest BCUT2D eigenvalue weighted by atomic mass is 10.1. The molecule has 0 atom stereocenters. The zero-order valence-electron chi connectivity index (χ0n) is 12.9. The first-order chi connectivity index (χ1) is 12.1. The van der Waals surface area contributed by atoms with E-state index in [-0.39, 0.29) is 26.2 Å². The molecular weight excluding hydrogens is 405 g/mol. The first kappa shape index (κ1) is 19.9. The highest BCUT2D eigenvalue weighted by Gasteiger charge is 2.19. The van der Waals surface area contributed by atoms with Gasteiger partial charge in [-0.2, -0.15) is 0 Å². The Bertz CT molecular complexity index is 983. The number of Topliss-reactive ketones (excluding diaryl/α,β-unsaturated/α-hetero) is 2. The van der Waals surface area contributed by atoms with Crippen molar-refractivity contribution in [3.8, 4) is 0 Å². The summed E-state index contributed by atoms with van der Waals surface area (Å²) >= 11 is 11.6. The number of hydrogen-bond donors (Lipinski definition) is 2. The lowest BCUT2D eigenvalue weighted by Gasteiger charge is -2.10. The average molecular weight is 416 g/mol. The van der Waals surface area contributed by atoms with Crippen LogP contribution >= 0.6 is 23.2 Å². The van der Waals surface area contributed by atoms with Crippen LogP contribution in [0, 0.1) is 0 Å². The predicted octanol–water partition coefficient (Wildman–Crippen LogP) is 3.02. The number of carbonyl (C=O) groups excluding carboxylic acids is 2. The Labute approximate surface area is 158 Å². The van der Waals surface area contributed by atoms with Crippen LogP contribution in [-0.2, 0) is 19.6 Å². The standard InChI is InChI=1S/C16H11Cl2NO6S/c17-10-5-11(18)7-13(6-10)26(24,25)19-12-3-1-2-9(4-12)14(20)8-15(21)16(22)23/h1-7,19H,8H2,(H,22,23). The average Bonchev–Trinajstić information content (AvgIpc) is 2.53. The van der Waals surface area contributed by atoms with Gasteiger partial charge in [0, 0.05) is 21.3 Å². The maximum absolute atomic E-state index is 12.4. The Hall–Kier alpha value is -2.42. The first-order valence-electron chi connectivity index (χ1n) is 6.97. The van der Waals surface area contributed by atoms with E-state index in [2.05, 4.69) is 4.72 Å². The number of aliphatic carboxylic acids is 1. The highest BCUT2D eigenvalue weighted by Crippen LogP contribution is 2.24. The first-order valence-corrected chi connectivity index (χ1v) is 9.21. The molecular formula is C16H11Cl2NO6S. The summed E-state index contributed by atoms with van der Waals surface area (Å²) in [7, 11) is -4.03. The third kappa shape index (κ3) is 5.04. The van der Waals surface area contributed by atoms with E-state index in [1.807, 2.05) is 0 Å². The van der Waals surface area contributed by atoms with Gasteiger partial charge < -0.3 is 5.11 Å². The van der Waals surface area contributed by atoms with Gasteiger partial charge in [0.25, 0.3) is 10.0 Å². The molecule has 2 N–H and O–H groups in total. The SMILES string of the molecule is O=C(O)C(=O)CC(=O)c1cccc(NS(=O)(=O)c2cc(Cl)cc(Cl)c2)c1. The number of anilines is 1. The van der Waals surface area contributed by atoms with E-state index in [0.717, 1.165) is 0 Å². The molecule has 0 radical (unpaired) electrons. The molecule has 0 aliphatic rings. The molecule has 7 nitrogen and oxygen atoms in total. The summed E-state index contributed by atoms with van der Waals surface area (Å²) in [5, 5.41) is 8.81. The summed E-state index contributed by atoms with van der Waals surface area (Å²) in [4.78, 5) is 33.4. The number of ketones is 2. The largest absolute Gasteiger partial charge is 0.475 e. The van der Waals surface area contributed by atoms with Crippen molar-refractivity contribution in [2.75, 3.05) is 4.72 Å². The van der Waals surface area contributed by atoms with E-state index in [0.29, 0.717) is 0 Å². The van der Waals surface area contributed by atoms with Gasteiger partial charge in [0.2, 0.25) is 5.78 Å². The Morgan fingerprint density at radius 1 is 1.00 bits per heavy atom. The summed E-state index contributed by atoms with van der Waals surface area (Å²) in [5.41, 5.74) is 0.0404. The molecule has 26 heavy (non-hydrogen) atoms. The van der Waals surface area contributed by atoms with E-state index in [4.69, 9.17) is 28.3 Å². The van der Waals surface area contributed by atoms with Crippen LogP contribution in [0.5, 0.6) is 0 Å². The minimum Gasteiger partial charge on any atom is -0.475 e. The molecule has 0 saturated carbocycles. The summed E-state index contributed by atoms with van der Waals surface area (Å²) in [6, 6.07) is 9.10. The van der Waals surface area contributed by atoms with Crippen LogP contribution in [0.3, 0.4) is 0 Å². The highest BCUT2D eigenvalue weighted by molar-refractivity contribution is 7.92. The third-order valence-electron chi connectivity index (χ3n) is 3.14. The minimum atomic E-state index is -4.03. The topological polar surface area (TPSA) is 118 Å². The van der Waals surface area contributed by atoms with Crippen LogP contribution < -0.4 is 4.72 Å². The molecule has 0 amide bonds. The normalized spacial score (nSPS) is 11.0. The number of rotatable bonds is 7. The number of carbonyl (C=O) groups is 3. The fourth-order valence-electron chi connectivity index (χ4n) is 1.98. The van der Waals surface area contributed by atoms with E-state index in [9.17, 15) is 22.8 Å². The summed E-state index contributed by atoms with van der Waals surface area (Å²) in [6.45, 7) is 0. The number of halogens is 2. The fourth-order valence-corrected chi connectivity index (χ4v) is 3.75. The Balaban J connectivity index is 2.26. The molecule has 2 aromatic carbocycles. The van der Waals surface area contributed by atoms with Crippen LogP contribution in [0.4, 0.5) is 5.69 Å². The quantitative estimate of drug-likeness (QED) is 0.407. The van der Waals surface area contributed by atoms with Crippen molar-refractivity contribution in [3.63, 3.8) is 0 Å². The Morgan fingerprint density at radius 3 is 2.19 bits per heavy atom. The molecule has 0 aromatic heterocycles. The second-order valence-corrected chi connectivity index (χ2v) is 7.68. The second kappa shape index (κ2) is 7.86. The van der Waals surface area contributed by atoms with Gasteiger partial charge in [-0.25, -0.2) is 13.2 Å². The zero-order chi connectivity index (χ0) is 19.5. The number of sulfonamides is 1. The van der Waals surface area contributed by atoms with Crippen molar-refractivity contribution in [2.45, 2.75) is 11.3 Å². The maximum Gasteiger partial charge on any atom is 0.372 e. The maximum atomic E-state index is 12.4. The molecule has 2 rings (SSSR count). The molecule has 0 heterocycles. The van der Waals surface area contributed by atoms with Gasteiger partial charge >= 0.3 is 5.97 Å². The van der Waals surface area contributed by atoms with E-state index in [1.54, 1.807) is 0 Å². The Kier molecular flexibility index (Phi) is 6.01. The number of hydrogen-bond acceptors (Lipinski definition) is 5. The van der Waals surface area contributed by atoms with Crippen molar-refractivity contribution in [1.82, 2.24) is 0 Å². The molecule has 0 aliphatic carbocycles. The lowest BCUT2D eigenvalue weighted by Crippen LogP contribution is -2.17. The van der Waals surface area contributed by atoms with Gasteiger partial charge in [-0.3, -0.25) is 14.3 Å². The summed E-state index contributed by atoms with van der Waals surface area (Å²) < 4.78 is 27.1. The molecule has 0 unspecified atom stereocenters. The van der Waals surface area contributed by atoms with Crippen molar-refractivity contribution >= 4 is 56.4 Å². The van der Waals surface area contributed by atoms with Crippen molar-refractivity contribution in [3.05, 3.63) is 58.1 Å². The molecule has 2 aromatic rings. The molecule has 136 valence electrons. The van der Waals surface area contributed by atoms with Gasteiger partial charge in [-0.15, -0.1) is 0 Å². The molecule has 0 bridgehead atoms. The van der Waals surface area contributed by atoms with Gasteiger partial charge in [0.15, 0.2) is 5.78 Å². The van der Waals surface area contributed by atoms with Crippen LogP contribution in [0.1, 0.15) is 16.8 Å². The Morgan fingerprint density at radius 2 is 1.62 bits per heavy atom. The van der Waals surface area contributed by atoms with Crippen LogP contribution in [0.2, 0.25) is 10.0 Å². The molecule has 0 spiro atoms. The van der Waals surface area contributed by atoms with Crippen molar-refractivity contribution in [1.29, 1.82) is 0 Å². The van der Waals surface area contributed by atoms with Gasteiger partial charge in [-0.05, 0) is 30.3 Å². The minimum absolute atomic E-state index is 0.0103. The molecule has 10 heteroatoms. The third-order valence-corrected chi connectivity index (χ3v) is 4.94. The fraction of sp³-hybridized carbons (Fsp3) is 0.0625. The zero-order valence-corrected chi connectivity index (χ0v) is 15.2. The smallest absolute Gasteiger partial charge is 0.372 e. The van der Waals surface area contributed by atoms with Crippen molar-refractivity contribution < 1.29 is 27.9 Å². The monoisotopic (exact) mass is 415 g/mol. The van der Waals surface area contributed by atoms with E-state index < -0.39 is 34.0 Å². The summed E-state index contributed by atoms with van der Waals surface area (Å²) in [6.07, 6.45) is -0.824. The number of benzene rings is 2. The number of carboxylic acid groups (broad SMARTS) is 1. The van der Waals surface area contributed by atoms with E-state index in [1.165, 1.54) is 42.5 Å².